The maximum Gasteiger partial charge on any atom is 0.164 e. The third-order valence-corrected chi connectivity index (χ3v) is 4.34. The largest absolute Gasteiger partial charge is 0.351 e. The van der Waals surface area contributed by atoms with E-state index in [0.717, 1.165) is 26.1 Å². The van der Waals surface area contributed by atoms with Crippen LogP contribution >= 0.6 is 0 Å². The number of ether oxygens (including phenoxy) is 2. The summed E-state index contributed by atoms with van der Waals surface area (Å²) < 4.78 is 11.9. The lowest BCUT2D eigenvalue weighted by Crippen LogP contribution is -2.42. The molecule has 0 saturated carbocycles. The molecule has 0 radical (unpaired) electrons. The van der Waals surface area contributed by atoms with Gasteiger partial charge in [-0.15, -0.1) is 0 Å². The van der Waals surface area contributed by atoms with Crippen molar-refractivity contribution in [3.8, 4) is 0 Å². The molecular formula is C16H24O2. The van der Waals surface area contributed by atoms with Gasteiger partial charge in [-0.2, -0.15) is 0 Å². The highest BCUT2D eigenvalue weighted by Crippen LogP contribution is 2.35. The van der Waals surface area contributed by atoms with Gasteiger partial charge in [-0.05, 0) is 18.4 Å². The maximum atomic E-state index is 5.97. The van der Waals surface area contributed by atoms with Gasteiger partial charge in [0, 0.05) is 11.3 Å². The van der Waals surface area contributed by atoms with Gasteiger partial charge in [0.15, 0.2) is 6.29 Å². The molecule has 100 valence electrons. The fourth-order valence-electron chi connectivity index (χ4n) is 2.47. The van der Waals surface area contributed by atoms with Gasteiger partial charge in [0.1, 0.15) is 0 Å². The molecule has 2 nitrogen and oxygen atoms in total. The summed E-state index contributed by atoms with van der Waals surface area (Å²) in [5, 5.41) is 0. The van der Waals surface area contributed by atoms with Gasteiger partial charge in [0.05, 0.1) is 13.2 Å². The lowest BCUT2D eigenvalue weighted by atomic mass is 9.83. The van der Waals surface area contributed by atoms with E-state index >= 15 is 0 Å². The molecule has 18 heavy (non-hydrogen) atoms. The lowest BCUT2D eigenvalue weighted by Gasteiger charge is -2.40. The van der Waals surface area contributed by atoms with E-state index in [1.807, 2.05) is 6.07 Å². The molecule has 0 bridgehead atoms. The van der Waals surface area contributed by atoms with Crippen molar-refractivity contribution in [1.82, 2.24) is 0 Å². The van der Waals surface area contributed by atoms with Crippen LogP contribution in [-0.2, 0) is 9.47 Å². The third-order valence-electron chi connectivity index (χ3n) is 4.34. The molecule has 0 N–H and O–H groups in total. The maximum absolute atomic E-state index is 5.97. The summed E-state index contributed by atoms with van der Waals surface area (Å²) in [5.74, 6) is 0.290. The van der Waals surface area contributed by atoms with Gasteiger partial charge in [0.25, 0.3) is 0 Å². The van der Waals surface area contributed by atoms with Crippen LogP contribution in [-0.4, -0.2) is 19.5 Å². The Balaban J connectivity index is 1.98. The smallest absolute Gasteiger partial charge is 0.164 e. The average molecular weight is 248 g/mol. The predicted molar refractivity (Wildman–Crippen MR) is 73.6 cm³/mol. The van der Waals surface area contributed by atoms with Gasteiger partial charge in [-0.1, -0.05) is 51.1 Å². The van der Waals surface area contributed by atoms with Crippen molar-refractivity contribution in [3.63, 3.8) is 0 Å². The quantitative estimate of drug-likeness (QED) is 0.802. The van der Waals surface area contributed by atoms with Crippen molar-refractivity contribution in [2.45, 2.75) is 45.8 Å². The third kappa shape index (κ3) is 2.76. The molecule has 1 aromatic carbocycles. The van der Waals surface area contributed by atoms with E-state index in [9.17, 15) is 0 Å². The molecule has 1 fully saturated rings. The molecule has 1 heterocycles. The van der Waals surface area contributed by atoms with Crippen molar-refractivity contribution in [3.05, 3.63) is 35.9 Å². The second-order valence-electron chi connectivity index (χ2n) is 5.40. The van der Waals surface area contributed by atoms with Gasteiger partial charge < -0.3 is 9.47 Å². The molecule has 1 unspecified atom stereocenters. The molecule has 1 aliphatic heterocycles. The van der Waals surface area contributed by atoms with Crippen LogP contribution in [0.4, 0.5) is 0 Å². The van der Waals surface area contributed by atoms with Gasteiger partial charge in [-0.3, -0.25) is 0 Å². The van der Waals surface area contributed by atoms with Gasteiger partial charge in [-0.25, -0.2) is 0 Å². The van der Waals surface area contributed by atoms with Crippen molar-refractivity contribution < 1.29 is 9.47 Å². The second kappa shape index (κ2) is 5.85. The van der Waals surface area contributed by atoms with E-state index in [1.54, 1.807) is 0 Å². The first-order valence-electron chi connectivity index (χ1n) is 6.99. The van der Waals surface area contributed by atoms with Crippen LogP contribution < -0.4 is 0 Å². The van der Waals surface area contributed by atoms with E-state index in [0.29, 0.717) is 0 Å². The Hall–Kier alpha value is -0.860. The first-order chi connectivity index (χ1) is 8.71. The zero-order chi connectivity index (χ0) is 13.0. The van der Waals surface area contributed by atoms with E-state index in [4.69, 9.17) is 9.47 Å². The Kier molecular flexibility index (Phi) is 4.41. The number of benzene rings is 1. The molecule has 1 atom stereocenters. The minimum atomic E-state index is -0.0985. The minimum Gasteiger partial charge on any atom is -0.351 e. The van der Waals surface area contributed by atoms with Gasteiger partial charge >= 0.3 is 0 Å². The summed E-state index contributed by atoms with van der Waals surface area (Å²) in [7, 11) is 0. The van der Waals surface area contributed by atoms with Crippen molar-refractivity contribution in [2.24, 2.45) is 5.41 Å². The van der Waals surface area contributed by atoms with E-state index in [-0.39, 0.29) is 17.6 Å². The molecule has 1 aromatic rings. The Morgan fingerprint density at radius 1 is 1.11 bits per heavy atom. The van der Waals surface area contributed by atoms with Crippen LogP contribution in [0.3, 0.4) is 0 Å². The van der Waals surface area contributed by atoms with E-state index in [1.165, 1.54) is 5.56 Å². The van der Waals surface area contributed by atoms with E-state index < -0.39 is 0 Å². The topological polar surface area (TPSA) is 18.5 Å². The molecule has 0 aromatic heterocycles. The molecule has 1 aliphatic rings. The van der Waals surface area contributed by atoms with Gasteiger partial charge in [0.2, 0.25) is 0 Å². The Labute approximate surface area is 110 Å². The highest BCUT2D eigenvalue weighted by atomic mass is 16.7. The minimum absolute atomic E-state index is 0.0985. The number of hydrogen-bond acceptors (Lipinski definition) is 2. The molecule has 2 heteroatoms. The lowest BCUT2D eigenvalue weighted by molar-refractivity contribution is -0.238. The standard InChI is InChI=1S/C16H24O2/c1-4-16(5-2)11-17-15(18-12-16)13(3)14-9-7-6-8-10-14/h6-10,13,15H,4-5,11-12H2,1-3H3. The average Bonchev–Trinajstić information content (AvgIpc) is 2.47. The molecular weight excluding hydrogens is 224 g/mol. The SMILES string of the molecule is CCC1(CC)COC(C(C)c2ccccc2)OC1. The molecule has 0 amide bonds. The normalized spacial score (nSPS) is 21.7. The molecule has 1 saturated heterocycles. The van der Waals surface area contributed by atoms with Crippen LogP contribution in [0, 0.1) is 5.41 Å². The highest BCUT2D eigenvalue weighted by Gasteiger charge is 2.36. The van der Waals surface area contributed by atoms with Crippen LogP contribution in [0.25, 0.3) is 0 Å². The summed E-state index contributed by atoms with van der Waals surface area (Å²) >= 11 is 0. The zero-order valence-electron chi connectivity index (χ0n) is 11.7. The number of rotatable bonds is 4. The van der Waals surface area contributed by atoms with Crippen molar-refractivity contribution >= 4 is 0 Å². The summed E-state index contributed by atoms with van der Waals surface area (Å²) in [4.78, 5) is 0. The van der Waals surface area contributed by atoms with Crippen molar-refractivity contribution in [1.29, 1.82) is 0 Å². The molecule has 2 rings (SSSR count). The van der Waals surface area contributed by atoms with Crippen LogP contribution in [0.2, 0.25) is 0 Å². The van der Waals surface area contributed by atoms with Crippen LogP contribution in [0.5, 0.6) is 0 Å². The van der Waals surface area contributed by atoms with E-state index in [2.05, 4.69) is 45.0 Å². The summed E-state index contributed by atoms with van der Waals surface area (Å²) in [6.07, 6.45) is 2.14. The first-order valence-corrected chi connectivity index (χ1v) is 6.99. The van der Waals surface area contributed by atoms with Crippen LogP contribution in [0.15, 0.2) is 30.3 Å². The summed E-state index contributed by atoms with van der Waals surface area (Å²) in [6.45, 7) is 8.25. The summed E-state index contributed by atoms with van der Waals surface area (Å²) in [5.41, 5.74) is 1.51. The Morgan fingerprint density at radius 3 is 2.17 bits per heavy atom. The first kappa shape index (κ1) is 13.6. The Bertz CT molecular complexity index is 347. The predicted octanol–water partition coefficient (Wildman–Crippen LogP) is 3.97. The Morgan fingerprint density at radius 2 is 1.67 bits per heavy atom. The van der Waals surface area contributed by atoms with Crippen LogP contribution in [0.1, 0.15) is 45.1 Å². The number of hydrogen-bond donors (Lipinski definition) is 0. The summed E-state index contributed by atoms with van der Waals surface area (Å²) in [6, 6.07) is 10.4. The second-order valence-corrected chi connectivity index (χ2v) is 5.40. The fraction of sp³-hybridized carbons (Fsp3) is 0.625. The molecule has 0 aliphatic carbocycles. The monoisotopic (exact) mass is 248 g/mol. The fourth-order valence-corrected chi connectivity index (χ4v) is 2.47. The zero-order valence-corrected chi connectivity index (χ0v) is 11.7. The highest BCUT2D eigenvalue weighted by molar-refractivity contribution is 5.19. The molecule has 0 spiro atoms. The van der Waals surface area contributed by atoms with Crippen molar-refractivity contribution in [2.75, 3.05) is 13.2 Å².